The Hall–Kier alpha value is -7.76. The Morgan fingerprint density at radius 3 is 1.70 bits per heavy atom. The zero-order valence-corrected chi connectivity index (χ0v) is 40.3. The molecular weight excluding hydrogens is 1020 g/mol. The summed E-state index contributed by atoms with van der Waals surface area (Å²) in [5, 5.41) is 46.5. The third-order valence-electron chi connectivity index (χ3n) is 11.0. The monoisotopic (exact) mass is 1050 g/mol. The zero-order valence-electron chi connectivity index (χ0n) is 38.0. The highest BCUT2D eigenvalue weighted by molar-refractivity contribution is 6.58. The molecule has 370 valence electrons. The molecule has 0 saturated heterocycles. The summed E-state index contributed by atoms with van der Waals surface area (Å²) < 4.78 is 53.6. The second-order valence-corrected chi connectivity index (χ2v) is 16.8. The number of nitrogens with zero attached hydrogens (tertiary/aromatic N) is 4. The number of fused-ring (bicyclic) bond motifs is 3. The predicted octanol–water partition coefficient (Wildman–Crippen LogP) is 10.1. The topological polar surface area (TPSA) is 214 Å². The highest BCUT2D eigenvalue weighted by Crippen LogP contribution is 2.37. The smallest absolute Gasteiger partial charge is 0.478 e. The summed E-state index contributed by atoms with van der Waals surface area (Å²) in [6.07, 6.45) is 0. The number of imide groups is 1. The molecule has 13 nitrogen and oxygen atoms in total. The summed E-state index contributed by atoms with van der Waals surface area (Å²) in [7, 11) is -1.97. The van der Waals surface area contributed by atoms with Gasteiger partial charge in [0.05, 0.1) is 67.2 Å². The van der Waals surface area contributed by atoms with Crippen molar-refractivity contribution < 1.29 is 57.0 Å². The molecule has 0 saturated carbocycles. The number of benzene rings is 6. The molecule has 0 aliphatic carbocycles. The van der Waals surface area contributed by atoms with E-state index in [4.69, 9.17) is 55.2 Å². The minimum Gasteiger partial charge on any atom is -0.478 e. The molecular formula is C52H37BCl3F4N5O8. The van der Waals surface area contributed by atoms with Gasteiger partial charge in [-0.05, 0) is 80.6 Å². The SMILES string of the molecule is C[C@@H](c1cc2cccc(Cl)c2nc1Cl)N1C(=O)c2ccccc2C1=O.C[C@H](NC(=O)c1ccccc1C(=O)O)c1cc2cccc(Cl)c2nc1-c1cccc(F)c1F.N#CCO.OB(O)c1cccc(F)c1F. The van der Waals surface area contributed by atoms with Crippen molar-refractivity contribution in [3.8, 4) is 17.3 Å². The molecule has 8 aromatic rings. The van der Waals surface area contributed by atoms with Gasteiger partial charge in [0.1, 0.15) is 11.8 Å². The molecule has 3 heterocycles. The molecule has 0 fully saturated rings. The number of rotatable bonds is 8. The molecule has 2 aromatic heterocycles. The molecule has 5 N–H and O–H groups in total. The largest absolute Gasteiger partial charge is 0.491 e. The highest BCUT2D eigenvalue weighted by Gasteiger charge is 2.39. The average Bonchev–Trinajstić information content (AvgIpc) is 3.63. The van der Waals surface area contributed by atoms with Crippen LogP contribution in [-0.2, 0) is 0 Å². The fourth-order valence-electron chi connectivity index (χ4n) is 7.50. The van der Waals surface area contributed by atoms with E-state index in [2.05, 4.69) is 15.3 Å². The van der Waals surface area contributed by atoms with Crippen LogP contribution in [0.4, 0.5) is 17.6 Å². The number of nitrogens with one attached hydrogen (secondary N) is 1. The number of aromatic carboxylic acids is 1. The number of hydrogen-bond acceptors (Lipinski definition) is 10. The molecule has 9 rings (SSSR count). The number of aromatic nitrogens is 2. The van der Waals surface area contributed by atoms with Crippen molar-refractivity contribution in [3.63, 3.8) is 0 Å². The number of carboxylic acid groups (broad SMARTS) is 1. The van der Waals surface area contributed by atoms with E-state index in [0.717, 1.165) is 23.6 Å². The van der Waals surface area contributed by atoms with E-state index in [1.807, 2.05) is 18.2 Å². The number of nitriles is 1. The number of hydrogen-bond donors (Lipinski definition) is 5. The number of amides is 3. The number of pyridine rings is 2. The van der Waals surface area contributed by atoms with Crippen LogP contribution < -0.4 is 10.8 Å². The Bertz CT molecular complexity index is 3440. The zero-order chi connectivity index (χ0) is 53.3. The van der Waals surface area contributed by atoms with Crippen LogP contribution >= 0.6 is 34.8 Å². The van der Waals surface area contributed by atoms with E-state index in [1.54, 1.807) is 74.5 Å². The summed E-state index contributed by atoms with van der Waals surface area (Å²) in [5.41, 5.74) is 2.23. The van der Waals surface area contributed by atoms with Gasteiger partial charge >= 0.3 is 13.1 Å². The van der Waals surface area contributed by atoms with Crippen LogP contribution in [0, 0.1) is 34.6 Å². The van der Waals surface area contributed by atoms with Crippen molar-refractivity contribution in [3.05, 3.63) is 205 Å². The first-order valence-electron chi connectivity index (χ1n) is 21.5. The minimum absolute atomic E-state index is 0.0212. The van der Waals surface area contributed by atoms with Gasteiger partial charge in [-0.1, -0.05) is 102 Å². The van der Waals surface area contributed by atoms with E-state index in [9.17, 15) is 41.8 Å². The standard InChI is InChI=1S/C25H17ClF2N2O3.C19H12Cl2N2O2.C6H5BF2O2.C2H3NO/c1-13(29-24(31)15-7-2-3-8-16(15)25(32)33)18-12-14-6-4-10-19(26)22(14)30-23(18)17-9-5-11-20(27)21(17)28;1-10(23-18(24)12-6-2-3-7-13(12)19(23)25)14-9-11-5-4-8-15(20)16(11)22-17(14)21;8-5-3-1-2-4(6(5)9)7(10)11;3-1-2-4/h2-13H,1H3,(H,29,31)(H,32,33);2-10H,1H3;1-3,10-11H;4H,2H2/t13-;10-;;/m00../s1. The fourth-order valence-corrected chi connectivity index (χ4v) is 8.24. The lowest BCUT2D eigenvalue weighted by atomic mass is 9.80. The van der Waals surface area contributed by atoms with Crippen molar-refractivity contribution in [2.45, 2.75) is 25.9 Å². The highest BCUT2D eigenvalue weighted by atomic mass is 35.5. The van der Waals surface area contributed by atoms with Gasteiger partial charge in [0, 0.05) is 32.9 Å². The second kappa shape index (κ2) is 24.1. The van der Waals surface area contributed by atoms with E-state index < -0.39 is 59.8 Å². The number of carbonyl (C=O) groups excluding carboxylic acids is 3. The van der Waals surface area contributed by atoms with Gasteiger partial charge in [-0.15, -0.1) is 0 Å². The van der Waals surface area contributed by atoms with Crippen LogP contribution in [0.25, 0.3) is 33.1 Å². The van der Waals surface area contributed by atoms with Crippen LogP contribution in [-0.4, -0.2) is 72.5 Å². The van der Waals surface area contributed by atoms with Crippen molar-refractivity contribution in [1.29, 1.82) is 5.26 Å². The average molecular weight is 1050 g/mol. The number of aliphatic hydroxyl groups excluding tert-OH is 1. The Labute approximate surface area is 428 Å². The van der Waals surface area contributed by atoms with Crippen LogP contribution in [0.5, 0.6) is 0 Å². The summed E-state index contributed by atoms with van der Waals surface area (Å²) in [4.78, 5) is 59.8. The molecule has 3 amide bonds. The van der Waals surface area contributed by atoms with Crippen LogP contribution in [0.15, 0.2) is 133 Å². The normalized spacial score (nSPS) is 12.2. The van der Waals surface area contributed by atoms with Crippen molar-refractivity contribution in [2.75, 3.05) is 6.61 Å². The number of para-hydroxylation sites is 2. The quantitative estimate of drug-likeness (QED) is 0.0317. The maximum Gasteiger partial charge on any atom is 0.491 e. The first-order chi connectivity index (χ1) is 34.8. The van der Waals surface area contributed by atoms with Gasteiger partial charge in [-0.25, -0.2) is 32.3 Å². The van der Waals surface area contributed by atoms with E-state index in [-0.39, 0.29) is 46.0 Å². The van der Waals surface area contributed by atoms with Gasteiger partial charge in [0.2, 0.25) is 0 Å². The van der Waals surface area contributed by atoms with E-state index >= 15 is 0 Å². The molecule has 0 bridgehead atoms. The molecule has 0 radical (unpaired) electrons. The Morgan fingerprint density at radius 1 is 0.685 bits per heavy atom. The first kappa shape index (κ1) is 54.6. The molecule has 0 spiro atoms. The molecule has 1 aliphatic heterocycles. The lowest BCUT2D eigenvalue weighted by Crippen LogP contribution is -2.33. The molecule has 6 aromatic carbocycles. The predicted molar refractivity (Wildman–Crippen MR) is 267 cm³/mol. The fraction of sp³-hybridized carbons (Fsp3) is 0.0962. The van der Waals surface area contributed by atoms with Gasteiger partial charge < -0.3 is 25.6 Å². The van der Waals surface area contributed by atoms with Crippen LogP contribution in [0.2, 0.25) is 15.2 Å². The summed E-state index contributed by atoms with van der Waals surface area (Å²) >= 11 is 18.8. The van der Waals surface area contributed by atoms with Crippen molar-refractivity contribution in [2.24, 2.45) is 0 Å². The minimum atomic E-state index is -1.97. The third kappa shape index (κ3) is 12.1. The van der Waals surface area contributed by atoms with E-state index in [1.165, 1.54) is 47.4 Å². The summed E-state index contributed by atoms with van der Waals surface area (Å²) in [6.45, 7) is 3.04. The maximum absolute atomic E-state index is 14.7. The second-order valence-electron chi connectivity index (χ2n) is 15.6. The van der Waals surface area contributed by atoms with Crippen LogP contribution in [0.3, 0.4) is 0 Å². The first-order valence-corrected chi connectivity index (χ1v) is 22.6. The lowest BCUT2D eigenvalue weighted by Gasteiger charge is -2.23. The number of carbonyl (C=O) groups is 4. The Morgan fingerprint density at radius 2 is 1.16 bits per heavy atom. The van der Waals surface area contributed by atoms with Crippen molar-refractivity contribution in [1.82, 2.24) is 20.2 Å². The molecule has 21 heteroatoms. The number of carboxylic acids is 1. The number of aliphatic hydroxyl groups is 1. The molecule has 1 aliphatic rings. The van der Waals surface area contributed by atoms with Gasteiger partial charge in [-0.3, -0.25) is 19.3 Å². The van der Waals surface area contributed by atoms with Gasteiger partial charge in [0.15, 0.2) is 23.3 Å². The third-order valence-corrected chi connectivity index (χ3v) is 11.9. The Balaban J connectivity index is 0.000000190. The lowest BCUT2D eigenvalue weighted by molar-refractivity contribution is 0.0593. The van der Waals surface area contributed by atoms with E-state index in [0.29, 0.717) is 48.7 Å². The summed E-state index contributed by atoms with van der Waals surface area (Å²) in [6, 6.07) is 33.8. The van der Waals surface area contributed by atoms with Crippen LogP contribution in [0.1, 0.15) is 78.5 Å². The molecule has 0 unspecified atom stereocenters. The van der Waals surface area contributed by atoms with Gasteiger partial charge in [0.25, 0.3) is 17.7 Å². The number of halogens is 7. The Kier molecular flexibility index (Phi) is 18.0. The van der Waals surface area contributed by atoms with Crippen molar-refractivity contribution >= 4 is 92.9 Å². The van der Waals surface area contributed by atoms with Gasteiger partial charge in [-0.2, -0.15) is 5.26 Å². The molecule has 2 atom stereocenters. The maximum atomic E-state index is 14.7. The molecule has 73 heavy (non-hydrogen) atoms. The summed E-state index contributed by atoms with van der Waals surface area (Å²) in [5.74, 6) is -6.93.